The zero-order valence-electron chi connectivity index (χ0n) is 15.2. The van der Waals surface area contributed by atoms with Crippen molar-refractivity contribution >= 4 is 39.6 Å². The lowest BCUT2D eigenvalue weighted by Crippen LogP contribution is -1.97. The molecule has 1 saturated carbocycles. The lowest BCUT2D eigenvalue weighted by molar-refractivity contribution is 0.705. The quantitative estimate of drug-likeness (QED) is 0.529. The van der Waals surface area contributed by atoms with Crippen molar-refractivity contribution in [2.24, 2.45) is 0 Å². The summed E-state index contributed by atoms with van der Waals surface area (Å²) in [6, 6.07) is 7.70. The molecule has 0 atom stereocenters. The number of nitrogen functional groups attached to an aromatic ring is 1. The van der Waals surface area contributed by atoms with Gasteiger partial charge in [0.15, 0.2) is 5.01 Å². The minimum absolute atomic E-state index is 0.446. The fourth-order valence-corrected chi connectivity index (χ4v) is 4.63. The topological polar surface area (TPSA) is 102 Å². The molecule has 1 aliphatic carbocycles. The largest absolute Gasteiger partial charge is 0.383 e. The van der Waals surface area contributed by atoms with Gasteiger partial charge in [-0.2, -0.15) is 0 Å². The van der Waals surface area contributed by atoms with Crippen molar-refractivity contribution in [2.45, 2.75) is 31.6 Å². The third-order valence-electron chi connectivity index (χ3n) is 5.02. The van der Waals surface area contributed by atoms with Gasteiger partial charge >= 0.3 is 0 Å². The van der Waals surface area contributed by atoms with Crippen molar-refractivity contribution in [3.05, 3.63) is 47.9 Å². The van der Waals surface area contributed by atoms with Crippen LogP contribution in [0.3, 0.4) is 0 Å². The SMILES string of the molecule is Nc1nc2cc(Nc3cccnc3)cnc2cc1-c1nnc(C2CCCC2)s1. The molecule has 3 N–H and O–H groups in total. The number of nitrogens with two attached hydrogens (primary N) is 1. The molecule has 0 saturated heterocycles. The molecule has 0 aromatic carbocycles. The molecule has 7 nitrogen and oxygen atoms in total. The number of hydrogen-bond donors (Lipinski definition) is 2. The summed E-state index contributed by atoms with van der Waals surface area (Å²) in [5, 5.41) is 14.0. The van der Waals surface area contributed by atoms with Crippen LogP contribution in [0.1, 0.15) is 36.6 Å². The van der Waals surface area contributed by atoms with Crippen molar-refractivity contribution in [3.8, 4) is 10.6 Å². The van der Waals surface area contributed by atoms with Gasteiger partial charge < -0.3 is 11.1 Å². The van der Waals surface area contributed by atoms with Gasteiger partial charge in [-0.25, -0.2) is 4.98 Å². The van der Waals surface area contributed by atoms with Gasteiger partial charge in [0.2, 0.25) is 0 Å². The first-order valence-electron chi connectivity index (χ1n) is 9.33. The molecule has 1 fully saturated rings. The normalized spacial score (nSPS) is 14.6. The Morgan fingerprint density at radius 2 is 1.93 bits per heavy atom. The van der Waals surface area contributed by atoms with Gasteiger partial charge in [-0.3, -0.25) is 9.97 Å². The highest BCUT2D eigenvalue weighted by atomic mass is 32.1. The lowest BCUT2D eigenvalue weighted by Gasteiger charge is -2.08. The molecule has 8 heteroatoms. The van der Waals surface area contributed by atoms with E-state index in [0.29, 0.717) is 11.7 Å². The van der Waals surface area contributed by atoms with E-state index in [1.54, 1.807) is 29.9 Å². The summed E-state index contributed by atoms with van der Waals surface area (Å²) < 4.78 is 0. The zero-order valence-corrected chi connectivity index (χ0v) is 16.0. The number of anilines is 3. The second kappa shape index (κ2) is 7.12. The second-order valence-electron chi connectivity index (χ2n) is 6.98. The summed E-state index contributed by atoms with van der Waals surface area (Å²) in [6.45, 7) is 0. The average molecular weight is 389 g/mol. The van der Waals surface area contributed by atoms with E-state index >= 15 is 0 Å². The molecule has 0 bridgehead atoms. The number of hydrogen-bond acceptors (Lipinski definition) is 8. The summed E-state index contributed by atoms with van der Waals surface area (Å²) >= 11 is 1.62. The summed E-state index contributed by atoms with van der Waals surface area (Å²) in [4.78, 5) is 13.2. The smallest absolute Gasteiger partial charge is 0.151 e. The van der Waals surface area contributed by atoms with Gasteiger partial charge in [0.1, 0.15) is 10.8 Å². The monoisotopic (exact) mass is 389 g/mol. The van der Waals surface area contributed by atoms with E-state index in [9.17, 15) is 0 Å². The molecule has 4 aromatic rings. The Kier molecular flexibility index (Phi) is 4.32. The minimum Gasteiger partial charge on any atom is -0.383 e. The molecule has 0 amide bonds. The Bertz CT molecular complexity index is 1120. The van der Waals surface area contributed by atoms with Gasteiger partial charge in [0, 0.05) is 12.1 Å². The maximum absolute atomic E-state index is 6.25. The van der Waals surface area contributed by atoms with Gasteiger partial charge in [0.25, 0.3) is 0 Å². The van der Waals surface area contributed by atoms with Crippen LogP contribution in [0.4, 0.5) is 17.2 Å². The van der Waals surface area contributed by atoms with Crippen molar-refractivity contribution in [3.63, 3.8) is 0 Å². The van der Waals surface area contributed by atoms with Gasteiger partial charge in [-0.1, -0.05) is 24.2 Å². The predicted molar refractivity (Wildman–Crippen MR) is 112 cm³/mol. The molecule has 0 spiro atoms. The number of nitrogens with one attached hydrogen (secondary N) is 1. The molecule has 1 aliphatic rings. The fourth-order valence-electron chi connectivity index (χ4n) is 3.59. The number of aromatic nitrogens is 5. The zero-order chi connectivity index (χ0) is 18.9. The van der Waals surface area contributed by atoms with E-state index in [0.717, 1.165) is 38.0 Å². The Morgan fingerprint density at radius 1 is 1.04 bits per heavy atom. The van der Waals surface area contributed by atoms with Crippen LogP contribution in [0.15, 0.2) is 42.9 Å². The van der Waals surface area contributed by atoms with E-state index in [4.69, 9.17) is 5.73 Å². The van der Waals surface area contributed by atoms with Crippen LogP contribution in [0.2, 0.25) is 0 Å². The average Bonchev–Trinajstić information content (AvgIpc) is 3.40. The van der Waals surface area contributed by atoms with Gasteiger partial charge in [0.05, 0.1) is 40.4 Å². The molecule has 5 rings (SSSR count). The molecule has 0 radical (unpaired) electrons. The van der Waals surface area contributed by atoms with Crippen molar-refractivity contribution < 1.29 is 0 Å². The molecule has 140 valence electrons. The van der Waals surface area contributed by atoms with E-state index in [-0.39, 0.29) is 0 Å². The molecule has 4 aromatic heterocycles. The van der Waals surface area contributed by atoms with E-state index < -0.39 is 0 Å². The first-order valence-corrected chi connectivity index (χ1v) is 10.1. The summed E-state index contributed by atoms with van der Waals surface area (Å²) in [7, 11) is 0. The van der Waals surface area contributed by atoms with Gasteiger partial charge in [-0.15, -0.1) is 10.2 Å². The number of fused-ring (bicyclic) bond motifs is 1. The van der Waals surface area contributed by atoms with Gasteiger partial charge in [-0.05, 0) is 37.1 Å². The van der Waals surface area contributed by atoms with E-state index in [1.807, 2.05) is 24.3 Å². The summed E-state index contributed by atoms with van der Waals surface area (Å²) in [5.74, 6) is 0.988. The molecule has 4 heterocycles. The maximum Gasteiger partial charge on any atom is 0.151 e. The Hall–Kier alpha value is -3.13. The molecular weight excluding hydrogens is 370 g/mol. The Morgan fingerprint density at radius 3 is 2.75 bits per heavy atom. The molecular formula is C20H19N7S. The fraction of sp³-hybridized carbons (Fsp3) is 0.250. The van der Waals surface area contributed by atoms with Crippen LogP contribution in [-0.4, -0.2) is 25.1 Å². The van der Waals surface area contributed by atoms with Crippen LogP contribution in [0.5, 0.6) is 0 Å². The minimum atomic E-state index is 0.446. The van der Waals surface area contributed by atoms with Crippen LogP contribution in [0.25, 0.3) is 21.6 Å². The molecule has 28 heavy (non-hydrogen) atoms. The standard InChI is InChI=1S/C20H19N7S/c21-18-15(20-27-26-19(28-20)12-4-1-2-5-12)9-16-17(25-18)8-14(11-23-16)24-13-6-3-7-22-10-13/h3,6-12,24H,1-2,4-5H2,(H2,21,25). The van der Waals surface area contributed by atoms with Crippen LogP contribution in [-0.2, 0) is 0 Å². The third-order valence-corrected chi connectivity index (χ3v) is 6.14. The molecule has 0 aliphatic heterocycles. The first-order chi connectivity index (χ1) is 13.8. The Balaban J connectivity index is 1.46. The number of pyridine rings is 3. The van der Waals surface area contributed by atoms with E-state index in [2.05, 4.69) is 30.5 Å². The molecule has 0 unspecified atom stereocenters. The maximum atomic E-state index is 6.25. The van der Waals surface area contributed by atoms with Crippen molar-refractivity contribution in [1.29, 1.82) is 0 Å². The second-order valence-corrected chi connectivity index (χ2v) is 7.99. The van der Waals surface area contributed by atoms with Crippen LogP contribution >= 0.6 is 11.3 Å². The highest BCUT2D eigenvalue weighted by Crippen LogP contribution is 2.38. The highest BCUT2D eigenvalue weighted by molar-refractivity contribution is 7.14. The van der Waals surface area contributed by atoms with Crippen LogP contribution in [0, 0.1) is 0 Å². The van der Waals surface area contributed by atoms with Crippen molar-refractivity contribution in [1.82, 2.24) is 25.1 Å². The Labute approximate surface area is 166 Å². The third kappa shape index (κ3) is 3.27. The lowest BCUT2D eigenvalue weighted by atomic mass is 10.1. The number of nitrogens with zero attached hydrogens (tertiary/aromatic N) is 5. The predicted octanol–water partition coefficient (Wildman–Crippen LogP) is 4.53. The summed E-state index contributed by atoms with van der Waals surface area (Å²) in [6.07, 6.45) is 10.2. The summed E-state index contributed by atoms with van der Waals surface area (Å²) in [5.41, 5.74) is 10.3. The first kappa shape index (κ1) is 17.0. The van der Waals surface area contributed by atoms with Crippen LogP contribution < -0.4 is 11.1 Å². The highest BCUT2D eigenvalue weighted by Gasteiger charge is 2.22. The number of rotatable bonds is 4. The van der Waals surface area contributed by atoms with E-state index in [1.165, 1.54) is 25.7 Å². The van der Waals surface area contributed by atoms with Crippen molar-refractivity contribution in [2.75, 3.05) is 11.1 Å².